The van der Waals surface area contributed by atoms with E-state index in [1.165, 1.54) is 4.90 Å². The molecule has 0 bridgehead atoms. The lowest BCUT2D eigenvalue weighted by Crippen LogP contribution is -2.42. The highest BCUT2D eigenvalue weighted by Crippen LogP contribution is 2.25. The maximum atomic E-state index is 12.1. The molecule has 1 aliphatic rings. The molecular formula is C16H22N2O2S. The summed E-state index contributed by atoms with van der Waals surface area (Å²) >= 11 is 1.68. The predicted molar refractivity (Wildman–Crippen MR) is 86.4 cm³/mol. The third kappa shape index (κ3) is 4.25. The first-order valence-electron chi connectivity index (χ1n) is 7.13. The Kier molecular flexibility index (Phi) is 5.70. The fourth-order valence-corrected chi connectivity index (χ4v) is 3.22. The lowest BCUT2D eigenvalue weighted by Gasteiger charge is -2.19. The number of hydrogen-bond acceptors (Lipinski definition) is 3. The zero-order valence-electron chi connectivity index (χ0n) is 12.4. The second-order valence-corrected chi connectivity index (χ2v) is 6.10. The number of amides is 2. The predicted octanol–water partition coefficient (Wildman–Crippen LogP) is 2.71. The van der Waals surface area contributed by atoms with Crippen LogP contribution in [0.5, 0.6) is 0 Å². The molecule has 0 spiro atoms. The summed E-state index contributed by atoms with van der Waals surface area (Å²) in [5.41, 5.74) is 1.12. The molecule has 1 aromatic rings. The van der Waals surface area contributed by atoms with Gasteiger partial charge in [0, 0.05) is 23.5 Å². The van der Waals surface area contributed by atoms with Gasteiger partial charge in [-0.25, -0.2) is 4.79 Å². The molecule has 0 saturated heterocycles. The number of carbonyl (C=O) groups is 1. The van der Waals surface area contributed by atoms with Gasteiger partial charge in [-0.1, -0.05) is 30.4 Å². The van der Waals surface area contributed by atoms with Crippen molar-refractivity contribution in [1.82, 2.24) is 10.6 Å². The summed E-state index contributed by atoms with van der Waals surface area (Å²) in [5, 5.41) is 15.0. The monoisotopic (exact) mass is 306 g/mol. The quantitative estimate of drug-likeness (QED) is 0.579. The highest BCUT2D eigenvalue weighted by atomic mass is 32.2. The Morgan fingerprint density at radius 2 is 2.19 bits per heavy atom. The summed E-state index contributed by atoms with van der Waals surface area (Å²) in [7, 11) is 0. The minimum atomic E-state index is -0.174. The number of thioether (sulfide) groups is 1. The molecule has 0 unspecified atom stereocenters. The fraction of sp³-hybridized carbons (Fsp3) is 0.438. The number of aliphatic hydroxyl groups excluding tert-OH is 1. The maximum absolute atomic E-state index is 12.1. The van der Waals surface area contributed by atoms with Crippen molar-refractivity contribution in [3.63, 3.8) is 0 Å². The van der Waals surface area contributed by atoms with E-state index in [1.54, 1.807) is 11.8 Å². The third-order valence-electron chi connectivity index (χ3n) is 3.68. The molecule has 0 heterocycles. The SMILES string of the molecule is CSc1ccccc1[C@@H](C)NC(=O)N[C@@H]1C=C[C@H](CO)C1. The van der Waals surface area contributed by atoms with Crippen LogP contribution in [0, 0.1) is 5.92 Å². The van der Waals surface area contributed by atoms with E-state index >= 15 is 0 Å². The van der Waals surface area contributed by atoms with Gasteiger partial charge in [0.05, 0.1) is 6.04 Å². The zero-order chi connectivity index (χ0) is 15.2. The number of rotatable bonds is 5. The summed E-state index contributed by atoms with van der Waals surface area (Å²) < 4.78 is 0. The summed E-state index contributed by atoms with van der Waals surface area (Å²) in [6, 6.07) is 7.86. The molecule has 4 nitrogen and oxygen atoms in total. The first-order valence-corrected chi connectivity index (χ1v) is 8.35. The molecule has 3 N–H and O–H groups in total. The van der Waals surface area contributed by atoms with Crippen molar-refractivity contribution in [3.8, 4) is 0 Å². The van der Waals surface area contributed by atoms with E-state index in [1.807, 2.05) is 43.5 Å². The van der Waals surface area contributed by atoms with Crippen LogP contribution in [-0.2, 0) is 0 Å². The summed E-state index contributed by atoms with van der Waals surface area (Å²) in [6.07, 6.45) is 6.70. The molecule has 0 radical (unpaired) electrons. The Bertz CT molecular complexity index is 519. The van der Waals surface area contributed by atoms with E-state index in [4.69, 9.17) is 5.11 Å². The van der Waals surface area contributed by atoms with E-state index in [2.05, 4.69) is 16.7 Å². The van der Waals surface area contributed by atoms with Crippen LogP contribution in [0.25, 0.3) is 0 Å². The van der Waals surface area contributed by atoms with Crippen LogP contribution in [0.1, 0.15) is 24.9 Å². The van der Waals surface area contributed by atoms with Crippen LogP contribution in [0.4, 0.5) is 4.79 Å². The molecule has 3 atom stereocenters. The highest BCUT2D eigenvalue weighted by Gasteiger charge is 2.20. The minimum Gasteiger partial charge on any atom is -0.396 e. The standard InChI is InChI=1S/C16H22N2O2S/c1-11(14-5-3-4-6-15(14)21-2)17-16(20)18-13-8-7-12(9-13)10-19/h3-8,11-13,19H,9-10H2,1-2H3,(H2,17,18,20)/t11-,12+,13-/m1/s1. The van der Waals surface area contributed by atoms with Gasteiger partial charge in [0.2, 0.25) is 0 Å². The average Bonchev–Trinajstić information content (AvgIpc) is 2.94. The first kappa shape index (κ1) is 15.9. The molecule has 1 aliphatic carbocycles. The van der Waals surface area contributed by atoms with E-state index < -0.39 is 0 Å². The van der Waals surface area contributed by atoms with Crippen molar-refractivity contribution in [3.05, 3.63) is 42.0 Å². The van der Waals surface area contributed by atoms with Gasteiger partial charge in [0.25, 0.3) is 0 Å². The van der Waals surface area contributed by atoms with Crippen LogP contribution in [0.3, 0.4) is 0 Å². The maximum Gasteiger partial charge on any atom is 0.315 e. The largest absolute Gasteiger partial charge is 0.396 e. The zero-order valence-corrected chi connectivity index (χ0v) is 13.2. The van der Waals surface area contributed by atoms with Crippen molar-refractivity contribution in [2.24, 2.45) is 5.92 Å². The van der Waals surface area contributed by atoms with Crippen LogP contribution in [-0.4, -0.2) is 30.0 Å². The summed E-state index contributed by atoms with van der Waals surface area (Å²) in [4.78, 5) is 13.2. The van der Waals surface area contributed by atoms with Crippen molar-refractivity contribution < 1.29 is 9.90 Å². The normalized spacial score (nSPS) is 22.0. The fourth-order valence-electron chi connectivity index (χ4n) is 2.53. The molecule has 2 amide bonds. The first-order chi connectivity index (χ1) is 10.1. The van der Waals surface area contributed by atoms with Gasteiger partial charge in [0.15, 0.2) is 0 Å². The Balaban J connectivity index is 1.89. The average molecular weight is 306 g/mol. The minimum absolute atomic E-state index is 0.00476. The van der Waals surface area contributed by atoms with Gasteiger partial charge < -0.3 is 15.7 Å². The molecule has 0 saturated carbocycles. The van der Waals surface area contributed by atoms with Crippen LogP contribution >= 0.6 is 11.8 Å². The van der Waals surface area contributed by atoms with E-state index in [9.17, 15) is 4.79 Å². The van der Waals surface area contributed by atoms with E-state index in [0.29, 0.717) is 0 Å². The van der Waals surface area contributed by atoms with Gasteiger partial charge in [-0.2, -0.15) is 0 Å². The Morgan fingerprint density at radius 1 is 1.43 bits per heavy atom. The van der Waals surface area contributed by atoms with Gasteiger partial charge in [-0.3, -0.25) is 0 Å². The summed E-state index contributed by atoms with van der Waals surface area (Å²) in [6.45, 7) is 2.11. The van der Waals surface area contributed by atoms with Gasteiger partial charge in [0.1, 0.15) is 0 Å². The lowest BCUT2D eigenvalue weighted by atomic mass is 10.1. The molecule has 5 heteroatoms. The van der Waals surface area contributed by atoms with Crippen molar-refractivity contribution >= 4 is 17.8 Å². The Morgan fingerprint density at radius 3 is 2.86 bits per heavy atom. The number of hydrogen-bond donors (Lipinski definition) is 3. The number of carbonyl (C=O) groups excluding carboxylic acids is 1. The molecule has 21 heavy (non-hydrogen) atoms. The van der Waals surface area contributed by atoms with Crippen LogP contribution in [0.15, 0.2) is 41.3 Å². The van der Waals surface area contributed by atoms with Gasteiger partial charge in [-0.05, 0) is 31.2 Å². The third-order valence-corrected chi connectivity index (χ3v) is 4.49. The molecule has 0 aromatic heterocycles. The van der Waals surface area contributed by atoms with Crippen molar-refractivity contribution in [2.45, 2.75) is 30.3 Å². The van der Waals surface area contributed by atoms with E-state index in [0.717, 1.165) is 12.0 Å². The topological polar surface area (TPSA) is 61.4 Å². The number of nitrogens with one attached hydrogen (secondary N) is 2. The van der Waals surface area contributed by atoms with Crippen molar-refractivity contribution in [1.29, 1.82) is 0 Å². The molecule has 0 fully saturated rings. The Labute approximate surface area is 130 Å². The highest BCUT2D eigenvalue weighted by molar-refractivity contribution is 7.98. The number of urea groups is 1. The van der Waals surface area contributed by atoms with Crippen molar-refractivity contribution in [2.75, 3.05) is 12.9 Å². The second kappa shape index (κ2) is 7.52. The molecule has 1 aromatic carbocycles. The molecule has 114 valence electrons. The number of benzene rings is 1. The van der Waals surface area contributed by atoms with Crippen LogP contribution < -0.4 is 10.6 Å². The number of aliphatic hydroxyl groups is 1. The van der Waals surface area contributed by atoms with E-state index in [-0.39, 0.29) is 30.6 Å². The summed E-state index contributed by atoms with van der Waals surface area (Å²) in [5.74, 6) is 0.157. The van der Waals surface area contributed by atoms with Gasteiger partial charge in [-0.15, -0.1) is 11.8 Å². The van der Waals surface area contributed by atoms with Gasteiger partial charge >= 0.3 is 6.03 Å². The smallest absolute Gasteiger partial charge is 0.315 e. The molecule has 2 rings (SSSR count). The molecule has 0 aliphatic heterocycles. The Hall–Kier alpha value is -1.46. The second-order valence-electron chi connectivity index (χ2n) is 5.25. The lowest BCUT2D eigenvalue weighted by molar-refractivity contribution is 0.229. The molecular weight excluding hydrogens is 284 g/mol. The van der Waals surface area contributed by atoms with Crippen LogP contribution in [0.2, 0.25) is 0 Å².